The van der Waals surface area contributed by atoms with E-state index in [1.807, 2.05) is 0 Å². The molecule has 128 valence electrons. The van der Waals surface area contributed by atoms with E-state index in [1.165, 1.54) is 0 Å². The molecule has 1 saturated carbocycles. The first kappa shape index (κ1) is 17.9. The highest BCUT2D eigenvalue weighted by Gasteiger charge is 2.50. The second-order valence-corrected chi connectivity index (χ2v) is 8.12. The summed E-state index contributed by atoms with van der Waals surface area (Å²) in [5.41, 5.74) is 1.13. The van der Waals surface area contributed by atoms with Crippen LogP contribution in [0.3, 0.4) is 0 Å². The molecule has 24 heavy (non-hydrogen) atoms. The number of aromatic nitrogens is 1. The van der Waals surface area contributed by atoms with E-state index in [9.17, 15) is 4.79 Å². The van der Waals surface area contributed by atoms with E-state index in [4.69, 9.17) is 50.9 Å². The van der Waals surface area contributed by atoms with Gasteiger partial charge >= 0.3 is 0 Å². The molecule has 1 aromatic heterocycles. The first-order valence-electron chi connectivity index (χ1n) is 7.38. The summed E-state index contributed by atoms with van der Waals surface area (Å²) in [5, 5.41) is 7.60. The number of carbonyl (C=O) groups excluding carboxylic acids is 1. The minimum absolute atomic E-state index is 0.210. The SMILES string of the molecule is Cc1onc(-c2c(Cl)cccc2Cl)c1C(=O)NCC[C@H]1CC1(Cl)Cl. The molecule has 8 heteroatoms. The van der Waals surface area contributed by atoms with E-state index in [1.54, 1.807) is 25.1 Å². The number of rotatable bonds is 5. The lowest BCUT2D eigenvalue weighted by Crippen LogP contribution is -2.26. The zero-order valence-electron chi connectivity index (χ0n) is 12.7. The molecular weight excluding hydrogens is 394 g/mol. The summed E-state index contributed by atoms with van der Waals surface area (Å²) in [6.07, 6.45) is 1.46. The lowest BCUT2D eigenvalue weighted by molar-refractivity contribution is 0.0951. The fraction of sp³-hybridized carbons (Fsp3) is 0.375. The molecule has 1 amide bonds. The number of alkyl halides is 2. The van der Waals surface area contributed by atoms with Gasteiger partial charge in [0.25, 0.3) is 5.91 Å². The summed E-state index contributed by atoms with van der Waals surface area (Å²) in [4.78, 5) is 12.5. The maximum Gasteiger partial charge on any atom is 0.257 e. The molecule has 0 bridgehead atoms. The van der Waals surface area contributed by atoms with Gasteiger partial charge < -0.3 is 9.84 Å². The third kappa shape index (κ3) is 3.52. The van der Waals surface area contributed by atoms with Gasteiger partial charge in [-0.25, -0.2) is 0 Å². The summed E-state index contributed by atoms with van der Waals surface area (Å²) in [7, 11) is 0. The van der Waals surface area contributed by atoms with Crippen LogP contribution in [0.2, 0.25) is 10.0 Å². The molecule has 1 atom stereocenters. The van der Waals surface area contributed by atoms with Crippen LogP contribution < -0.4 is 5.32 Å². The minimum Gasteiger partial charge on any atom is -0.360 e. The highest BCUT2D eigenvalue weighted by atomic mass is 35.5. The molecule has 4 nitrogen and oxygen atoms in total. The number of aryl methyl sites for hydroxylation is 1. The molecule has 2 aromatic rings. The number of nitrogens with zero attached hydrogens (tertiary/aromatic N) is 1. The first-order chi connectivity index (χ1) is 11.3. The van der Waals surface area contributed by atoms with E-state index in [0.717, 1.165) is 6.42 Å². The molecule has 1 aromatic carbocycles. The molecule has 1 heterocycles. The summed E-state index contributed by atoms with van der Waals surface area (Å²) in [6.45, 7) is 2.13. The third-order valence-corrected chi connectivity index (χ3v) is 5.58. The number of hydrogen-bond acceptors (Lipinski definition) is 3. The topological polar surface area (TPSA) is 55.1 Å². The highest BCUT2D eigenvalue weighted by Crippen LogP contribution is 2.54. The van der Waals surface area contributed by atoms with Crippen LogP contribution in [0.1, 0.15) is 29.0 Å². The van der Waals surface area contributed by atoms with Crippen LogP contribution in [0.4, 0.5) is 0 Å². The predicted molar refractivity (Wildman–Crippen MR) is 96.2 cm³/mol. The molecule has 1 aliphatic carbocycles. The third-order valence-electron chi connectivity index (χ3n) is 4.02. The van der Waals surface area contributed by atoms with Gasteiger partial charge in [0.2, 0.25) is 0 Å². The van der Waals surface area contributed by atoms with Crippen molar-refractivity contribution < 1.29 is 9.32 Å². The van der Waals surface area contributed by atoms with Crippen molar-refractivity contribution in [1.82, 2.24) is 10.5 Å². The summed E-state index contributed by atoms with van der Waals surface area (Å²) in [5.74, 6) is 0.311. The number of nitrogens with one attached hydrogen (secondary N) is 1. The van der Waals surface area contributed by atoms with Crippen molar-refractivity contribution in [2.45, 2.75) is 24.1 Å². The van der Waals surface area contributed by atoms with Crippen LogP contribution in [0, 0.1) is 12.8 Å². The fourth-order valence-corrected chi connectivity index (χ4v) is 3.73. The molecule has 0 aliphatic heterocycles. The van der Waals surface area contributed by atoms with Crippen LogP contribution in [0.5, 0.6) is 0 Å². The largest absolute Gasteiger partial charge is 0.360 e. The van der Waals surface area contributed by atoms with Crippen molar-refractivity contribution in [2.75, 3.05) is 6.54 Å². The summed E-state index contributed by atoms with van der Waals surface area (Å²) >= 11 is 24.4. The van der Waals surface area contributed by atoms with E-state index in [-0.39, 0.29) is 11.8 Å². The molecule has 0 unspecified atom stereocenters. The Labute approximate surface area is 159 Å². The monoisotopic (exact) mass is 406 g/mol. The van der Waals surface area contributed by atoms with E-state index in [2.05, 4.69) is 10.5 Å². The molecule has 1 fully saturated rings. The quantitative estimate of drug-likeness (QED) is 0.686. The van der Waals surface area contributed by atoms with Gasteiger partial charge in [-0.3, -0.25) is 4.79 Å². The molecule has 0 spiro atoms. The Balaban J connectivity index is 1.79. The standard InChI is InChI=1S/C16H14Cl4N2O2/c1-8-12(15(23)21-6-5-9-7-16(9,19)20)14(22-24-8)13-10(17)3-2-4-11(13)18/h2-4,9H,5-7H2,1H3,(H,21,23)/t9-/m0/s1. The fourth-order valence-electron chi connectivity index (χ4n) is 2.57. The van der Waals surface area contributed by atoms with Crippen LogP contribution in [0.25, 0.3) is 11.3 Å². The minimum atomic E-state index is -0.645. The Hall–Kier alpha value is -0.940. The van der Waals surface area contributed by atoms with Gasteiger partial charge in [0.15, 0.2) is 0 Å². The Kier molecular flexibility index (Phi) is 5.03. The number of hydrogen-bond donors (Lipinski definition) is 1. The van der Waals surface area contributed by atoms with Crippen molar-refractivity contribution in [3.05, 3.63) is 39.6 Å². The Morgan fingerprint density at radius 1 is 1.38 bits per heavy atom. The van der Waals surface area contributed by atoms with Crippen molar-refractivity contribution in [3.63, 3.8) is 0 Å². The Morgan fingerprint density at radius 3 is 2.58 bits per heavy atom. The lowest BCUT2D eigenvalue weighted by atomic mass is 10.1. The van der Waals surface area contributed by atoms with E-state index >= 15 is 0 Å². The number of benzene rings is 1. The Morgan fingerprint density at radius 2 is 2.00 bits per heavy atom. The van der Waals surface area contributed by atoms with Crippen molar-refractivity contribution in [3.8, 4) is 11.3 Å². The van der Waals surface area contributed by atoms with Gasteiger partial charge in [0, 0.05) is 12.1 Å². The maximum atomic E-state index is 12.5. The van der Waals surface area contributed by atoms with Gasteiger partial charge in [-0.05, 0) is 37.8 Å². The maximum absolute atomic E-state index is 12.5. The van der Waals surface area contributed by atoms with Gasteiger partial charge in [-0.2, -0.15) is 0 Å². The van der Waals surface area contributed by atoms with Crippen molar-refractivity contribution >= 4 is 52.3 Å². The highest BCUT2D eigenvalue weighted by molar-refractivity contribution is 6.50. The van der Waals surface area contributed by atoms with Gasteiger partial charge in [-0.15, -0.1) is 23.2 Å². The van der Waals surface area contributed by atoms with E-state index in [0.29, 0.717) is 45.6 Å². The van der Waals surface area contributed by atoms with Crippen molar-refractivity contribution in [2.24, 2.45) is 5.92 Å². The molecule has 1 aliphatic rings. The van der Waals surface area contributed by atoms with Crippen molar-refractivity contribution in [1.29, 1.82) is 0 Å². The lowest BCUT2D eigenvalue weighted by Gasteiger charge is -2.08. The van der Waals surface area contributed by atoms with Gasteiger partial charge in [0.05, 0.1) is 10.0 Å². The van der Waals surface area contributed by atoms with Crippen LogP contribution in [-0.4, -0.2) is 21.9 Å². The second kappa shape index (κ2) is 6.75. The zero-order chi connectivity index (χ0) is 17.5. The normalized spacial score (nSPS) is 18.5. The molecule has 1 N–H and O–H groups in total. The summed E-state index contributed by atoms with van der Waals surface area (Å²) < 4.78 is 4.54. The molecule has 0 saturated heterocycles. The number of carbonyl (C=O) groups is 1. The number of amides is 1. The molecule has 0 radical (unpaired) electrons. The molecular formula is C16H14Cl4N2O2. The Bertz CT molecular complexity index is 768. The molecule has 3 rings (SSSR count). The van der Waals surface area contributed by atoms with Crippen LogP contribution in [0.15, 0.2) is 22.7 Å². The predicted octanol–water partition coefficient (Wildman–Crippen LogP) is 5.27. The van der Waals surface area contributed by atoms with Gasteiger partial charge in [0.1, 0.15) is 21.4 Å². The average Bonchev–Trinajstić information content (AvgIpc) is 2.93. The van der Waals surface area contributed by atoms with Crippen LogP contribution >= 0.6 is 46.4 Å². The zero-order valence-corrected chi connectivity index (χ0v) is 15.7. The second-order valence-electron chi connectivity index (χ2n) is 5.77. The van der Waals surface area contributed by atoms with E-state index < -0.39 is 4.33 Å². The first-order valence-corrected chi connectivity index (χ1v) is 8.89. The van der Waals surface area contributed by atoms with Gasteiger partial charge in [-0.1, -0.05) is 34.4 Å². The van der Waals surface area contributed by atoms with Crippen LogP contribution in [-0.2, 0) is 0 Å². The smallest absolute Gasteiger partial charge is 0.257 e. The number of halogens is 4. The average molecular weight is 408 g/mol. The summed E-state index contributed by atoms with van der Waals surface area (Å²) in [6, 6.07) is 5.09.